The highest BCUT2D eigenvalue weighted by Crippen LogP contribution is 2.15. The van der Waals surface area contributed by atoms with Gasteiger partial charge >= 0.3 is 0 Å². The van der Waals surface area contributed by atoms with Crippen LogP contribution in [0.2, 0.25) is 15.7 Å². The molecule has 4 N–H and O–H groups in total. The van der Waals surface area contributed by atoms with Crippen LogP contribution >= 0.6 is 80.0 Å². The minimum atomic E-state index is 0.181. The maximum atomic E-state index is 7.00. The van der Waals surface area contributed by atoms with E-state index in [1.54, 1.807) is 19.4 Å². The van der Waals surface area contributed by atoms with E-state index >= 15 is 0 Å². The highest BCUT2D eigenvalue weighted by atomic mass is 127. The number of halogens is 5. The third-order valence-electron chi connectivity index (χ3n) is 1.62. The van der Waals surface area contributed by atoms with E-state index in [9.17, 15) is 0 Å². The highest BCUT2D eigenvalue weighted by Gasteiger charge is 1.99. The fraction of sp³-hybridized carbons (Fsp3) is 0.273. The fourth-order valence-electron chi connectivity index (χ4n) is 0.847. The average molecular weight is 607 g/mol. The van der Waals surface area contributed by atoms with E-state index in [4.69, 9.17) is 39.9 Å². The standard InChI is InChI=1S/C5H5ClIN3.C4HCl2IN2.CH5N.CH4O/c1-8-4-3(7)2-9-5(6)10-4;5-3-2(7)1-8-4(6)9-3;2*1-2/h2H,1H3,(H,8,9,10);1H;2H2,1H3;2H,1H3. The molecule has 0 atom stereocenters. The number of aromatic nitrogens is 4. The Morgan fingerprint density at radius 2 is 1.39 bits per heavy atom. The molecule has 0 bridgehead atoms. The molecule has 130 valence electrons. The van der Waals surface area contributed by atoms with Crippen molar-refractivity contribution in [1.29, 1.82) is 0 Å². The van der Waals surface area contributed by atoms with Gasteiger partial charge in [-0.05, 0) is 75.4 Å². The summed E-state index contributed by atoms with van der Waals surface area (Å²) >= 11 is 20.7. The molecule has 2 aromatic heterocycles. The van der Waals surface area contributed by atoms with Crippen LogP contribution in [-0.4, -0.2) is 46.2 Å². The second kappa shape index (κ2) is 15.7. The third-order valence-corrected chi connectivity index (χ3v) is 4.17. The molecule has 0 aliphatic carbocycles. The molecule has 0 aromatic carbocycles. The van der Waals surface area contributed by atoms with Crippen LogP contribution in [0, 0.1) is 7.14 Å². The van der Waals surface area contributed by atoms with Crippen molar-refractivity contribution in [2.24, 2.45) is 5.73 Å². The van der Waals surface area contributed by atoms with Crippen LogP contribution in [0.25, 0.3) is 0 Å². The summed E-state index contributed by atoms with van der Waals surface area (Å²) in [6, 6.07) is 0. The number of hydrogen-bond donors (Lipinski definition) is 3. The van der Waals surface area contributed by atoms with E-state index in [-0.39, 0.29) is 10.6 Å². The van der Waals surface area contributed by atoms with Gasteiger partial charge in [-0.3, -0.25) is 0 Å². The predicted octanol–water partition coefficient (Wildman–Crippen LogP) is 3.35. The quantitative estimate of drug-likeness (QED) is 0.259. The van der Waals surface area contributed by atoms with Crippen LogP contribution in [0.3, 0.4) is 0 Å². The van der Waals surface area contributed by atoms with Crippen molar-refractivity contribution in [3.05, 3.63) is 35.3 Å². The van der Waals surface area contributed by atoms with Gasteiger partial charge in [0.15, 0.2) is 0 Å². The molecule has 7 nitrogen and oxygen atoms in total. The SMILES string of the molecule is CN.CNc1nc(Cl)ncc1I.CO.Clc1ncc(I)c(Cl)n1. The van der Waals surface area contributed by atoms with Crippen LogP contribution in [0.15, 0.2) is 12.4 Å². The van der Waals surface area contributed by atoms with Crippen LogP contribution in [0.4, 0.5) is 5.82 Å². The van der Waals surface area contributed by atoms with Crippen molar-refractivity contribution in [1.82, 2.24) is 19.9 Å². The van der Waals surface area contributed by atoms with Crippen LogP contribution in [0.5, 0.6) is 0 Å². The van der Waals surface area contributed by atoms with Crippen LogP contribution < -0.4 is 11.1 Å². The Morgan fingerprint density at radius 1 is 0.957 bits per heavy atom. The number of aliphatic hydroxyl groups excluding tert-OH is 1. The Bertz CT molecular complexity index is 579. The van der Waals surface area contributed by atoms with Gasteiger partial charge in [-0.25, -0.2) is 15.0 Å². The van der Waals surface area contributed by atoms with E-state index < -0.39 is 0 Å². The number of nitrogens with zero attached hydrogens (tertiary/aromatic N) is 4. The van der Waals surface area contributed by atoms with E-state index in [0.717, 1.165) is 20.1 Å². The summed E-state index contributed by atoms with van der Waals surface area (Å²) in [7, 11) is 4.29. The van der Waals surface area contributed by atoms with Crippen molar-refractivity contribution in [3.63, 3.8) is 0 Å². The summed E-state index contributed by atoms with van der Waals surface area (Å²) in [5.41, 5.74) is 4.50. The summed E-state index contributed by atoms with van der Waals surface area (Å²) < 4.78 is 1.77. The van der Waals surface area contributed by atoms with Gasteiger partial charge in [-0.2, -0.15) is 4.98 Å². The maximum absolute atomic E-state index is 7.00. The Hall–Kier alpha value is 0.210. The molecule has 0 aliphatic rings. The number of nitrogens with two attached hydrogens (primary N) is 1. The Labute approximate surface area is 177 Å². The number of aliphatic hydroxyl groups is 1. The van der Waals surface area contributed by atoms with Gasteiger partial charge in [0.05, 0.1) is 7.14 Å². The minimum Gasteiger partial charge on any atom is -0.400 e. The second-order valence-electron chi connectivity index (χ2n) is 2.86. The fourth-order valence-corrected chi connectivity index (χ4v) is 2.08. The molecule has 23 heavy (non-hydrogen) atoms. The van der Waals surface area contributed by atoms with Gasteiger partial charge in [0.1, 0.15) is 11.0 Å². The molecule has 2 heterocycles. The zero-order valence-corrected chi connectivity index (χ0v) is 18.9. The smallest absolute Gasteiger partial charge is 0.224 e. The van der Waals surface area contributed by atoms with Crippen molar-refractivity contribution in [3.8, 4) is 0 Å². The normalized spacial score (nSPS) is 8.43. The van der Waals surface area contributed by atoms with Gasteiger partial charge in [0, 0.05) is 26.6 Å². The molecule has 0 aliphatic heterocycles. The van der Waals surface area contributed by atoms with Crippen LogP contribution in [0.1, 0.15) is 0 Å². The Kier molecular flexibility index (Phi) is 17.4. The summed E-state index contributed by atoms with van der Waals surface area (Å²) in [5, 5.41) is 10.7. The first-order valence-corrected chi connectivity index (χ1v) is 8.95. The van der Waals surface area contributed by atoms with Gasteiger partial charge in [0.2, 0.25) is 10.6 Å². The molecule has 0 spiro atoms. The molecule has 0 radical (unpaired) electrons. The van der Waals surface area contributed by atoms with Crippen molar-refractivity contribution < 1.29 is 5.11 Å². The lowest BCUT2D eigenvalue weighted by Gasteiger charge is -1.99. The second-order valence-corrected chi connectivity index (χ2v) is 6.22. The van der Waals surface area contributed by atoms with Gasteiger partial charge in [0.25, 0.3) is 0 Å². The number of nitrogens with one attached hydrogen (secondary N) is 1. The first-order valence-electron chi connectivity index (χ1n) is 5.65. The molecule has 2 rings (SSSR count). The number of rotatable bonds is 1. The predicted molar refractivity (Wildman–Crippen MR) is 112 cm³/mol. The van der Waals surface area contributed by atoms with E-state index in [0.29, 0.717) is 5.15 Å². The number of anilines is 1. The van der Waals surface area contributed by atoms with Gasteiger partial charge in [-0.15, -0.1) is 0 Å². The van der Waals surface area contributed by atoms with E-state index in [1.165, 1.54) is 7.05 Å². The van der Waals surface area contributed by atoms with E-state index in [1.807, 2.05) is 22.6 Å². The van der Waals surface area contributed by atoms with Crippen molar-refractivity contribution in [2.45, 2.75) is 0 Å². The lowest BCUT2D eigenvalue weighted by atomic mass is 10.6. The highest BCUT2D eigenvalue weighted by molar-refractivity contribution is 14.1. The lowest BCUT2D eigenvalue weighted by molar-refractivity contribution is 0.399. The maximum Gasteiger partial charge on any atom is 0.224 e. The Morgan fingerprint density at radius 3 is 1.74 bits per heavy atom. The molecule has 2 aromatic rings. The first-order chi connectivity index (χ1) is 10.9. The molecule has 0 saturated carbocycles. The molecule has 0 unspecified atom stereocenters. The minimum absolute atomic E-state index is 0.181. The van der Waals surface area contributed by atoms with Crippen molar-refractivity contribution in [2.75, 3.05) is 26.5 Å². The summed E-state index contributed by atoms with van der Waals surface area (Å²) in [6.45, 7) is 0. The van der Waals surface area contributed by atoms with Crippen LogP contribution in [-0.2, 0) is 0 Å². The van der Waals surface area contributed by atoms with Crippen molar-refractivity contribution >= 4 is 85.8 Å². The molecule has 0 amide bonds. The monoisotopic (exact) mass is 606 g/mol. The lowest BCUT2D eigenvalue weighted by Crippen LogP contribution is -1.96. The first kappa shape index (κ1) is 25.5. The molecule has 0 fully saturated rings. The van der Waals surface area contributed by atoms with E-state index in [2.05, 4.69) is 53.6 Å². The average Bonchev–Trinajstić information content (AvgIpc) is 2.58. The summed E-state index contributed by atoms with van der Waals surface area (Å²) in [6.07, 6.45) is 3.24. The Balaban J connectivity index is 0. The zero-order chi connectivity index (χ0) is 18.4. The third kappa shape index (κ3) is 11.4. The topological polar surface area (TPSA) is 110 Å². The molecular weight excluding hydrogens is 592 g/mol. The largest absolute Gasteiger partial charge is 0.400 e. The molecule has 12 heteroatoms. The summed E-state index contributed by atoms with van der Waals surface area (Å²) in [4.78, 5) is 15.1. The zero-order valence-electron chi connectivity index (χ0n) is 12.4. The molecular formula is C11H15Cl3I2N6O. The van der Waals surface area contributed by atoms with Gasteiger partial charge in [-0.1, -0.05) is 11.6 Å². The molecule has 0 saturated heterocycles. The van der Waals surface area contributed by atoms with Gasteiger partial charge < -0.3 is 16.2 Å². The number of hydrogen-bond acceptors (Lipinski definition) is 7. The summed E-state index contributed by atoms with van der Waals surface area (Å²) in [5.74, 6) is 0.764.